The van der Waals surface area contributed by atoms with E-state index in [4.69, 9.17) is 4.74 Å². The molecule has 1 heterocycles. The van der Waals surface area contributed by atoms with Crippen LogP contribution in [0.4, 0.5) is 0 Å². The fourth-order valence-corrected chi connectivity index (χ4v) is 2.35. The second-order valence-corrected chi connectivity index (χ2v) is 4.98. The predicted molar refractivity (Wildman–Crippen MR) is 82.1 cm³/mol. The van der Waals surface area contributed by atoms with E-state index in [2.05, 4.69) is 17.4 Å². The van der Waals surface area contributed by atoms with Gasteiger partial charge in [-0.2, -0.15) is 0 Å². The number of amides is 1. The van der Waals surface area contributed by atoms with Crippen LogP contribution in [0, 0.1) is 0 Å². The second kappa shape index (κ2) is 8.25. The number of halogens is 1. The molecular formula is C15H23ClN2O2. The third-order valence-corrected chi connectivity index (χ3v) is 3.51. The number of carbonyl (C=O) groups is 1. The van der Waals surface area contributed by atoms with E-state index in [1.807, 2.05) is 37.1 Å². The molecule has 1 aliphatic rings. The Labute approximate surface area is 126 Å². The molecule has 0 aromatic heterocycles. The Balaban J connectivity index is 0.00000200. The van der Waals surface area contributed by atoms with Crippen molar-refractivity contribution in [1.29, 1.82) is 0 Å². The number of ether oxygens (including phenoxy) is 1. The molecule has 2 rings (SSSR count). The smallest absolute Gasteiger partial charge is 0.224 e. The van der Waals surface area contributed by atoms with Crippen LogP contribution >= 0.6 is 12.4 Å². The fourth-order valence-electron chi connectivity index (χ4n) is 2.35. The van der Waals surface area contributed by atoms with Gasteiger partial charge in [0.05, 0.1) is 19.2 Å². The zero-order chi connectivity index (χ0) is 13.7. The van der Waals surface area contributed by atoms with Gasteiger partial charge in [0.1, 0.15) is 6.10 Å². The van der Waals surface area contributed by atoms with E-state index in [1.165, 1.54) is 0 Å². The Hall–Kier alpha value is -1.10. The van der Waals surface area contributed by atoms with Crippen molar-refractivity contribution in [3.05, 3.63) is 35.9 Å². The lowest BCUT2D eigenvalue weighted by atomic mass is 10.1. The largest absolute Gasteiger partial charge is 0.370 e. The van der Waals surface area contributed by atoms with Gasteiger partial charge >= 0.3 is 0 Å². The summed E-state index contributed by atoms with van der Waals surface area (Å²) >= 11 is 0. The first-order chi connectivity index (χ1) is 9.22. The van der Waals surface area contributed by atoms with Gasteiger partial charge in [0.2, 0.25) is 5.91 Å². The Morgan fingerprint density at radius 2 is 2.10 bits per heavy atom. The SMILES string of the molecule is CNCCC(=O)N1CC(c2ccccc2)OCC1C.Cl. The van der Waals surface area contributed by atoms with Crippen LogP contribution in [0.5, 0.6) is 0 Å². The molecule has 1 amide bonds. The van der Waals surface area contributed by atoms with Gasteiger partial charge in [0.25, 0.3) is 0 Å². The number of morpholine rings is 1. The van der Waals surface area contributed by atoms with Crippen molar-refractivity contribution in [3.8, 4) is 0 Å². The van der Waals surface area contributed by atoms with Crippen molar-refractivity contribution in [1.82, 2.24) is 10.2 Å². The third kappa shape index (κ3) is 4.20. The van der Waals surface area contributed by atoms with Crippen LogP contribution in [0.25, 0.3) is 0 Å². The monoisotopic (exact) mass is 298 g/mol. The van der Waals surface area contributed by atoms with Crippen molar-refractivity contribution in [2.45, 2.75) is 25.5 Å². The van der Waals surface area contributed by atoms with Crippen LogP contribution in [0.2, 0.25) is 0 Å². The molecule has 0 spiro atoms. The predicted octanol–water partition coefficient (Wildman–Crippen LogP) is 2.01. The summed E-state index contributed by atoms with van der Waals surface area (Å²) in [7, 11) is 1.86. The number of nitrogens with one attached hydrogen (secondary N) is 1. The molecule has 2 unspecified atom stereocenters. The molecule has 1 N–H and O–H groups in total. The number of nitrogens with zero attached hydrogens (tertiary/aromatic N) is 1. The summed E-state index contributed by atoms with van der Waals surface area (Å²) in [5, 5.41) is 3.02. The first kappa shape index (κ1) is 17.0. The van der Waals surface area contributed by atoms with E-state index in [0.29, 0.717) is 19.6 Å². The van der Waals surface area contributed by atoms with Gasteiger partial charge in [0, 0.05) is 13.0 Å². The van der Waals surface area contributed by atoms with Crippen molar-refractivity contribution in [2.75, 3.05) is 26.7 Å². The molecule has 5 heteroatoms. The summed E-state index contributed by atoms with van der Waals surface area (Å²) in [5.41, 5.74) is 1.14. The first-order valence-electron chi connectivity index (χ1n) is 6.83. The molecule has 0 radical (unpaired) electrons. The van der Waals surface area contributed by atoms with E-state index in [1.54, 1.807) is 0 Å². The number of carbonyl (C=O) groups excluding carboxylic acids is 1. The maximum absolute atomic E-state index is 12.2. The lowest BCUT2D eigenvalue weighted by Gasteiger charge is -2.38. The Bertz CT molecular complexity index is 414. The first-order valence-corrected chi connectivity index (χ1v) is 6.83. The average molecular weight is 299 g/mol. The summed E-state index contributed by atoms with van der Waals surface area (Å²) in [4.78, 5) is 14.1. The molecule has 1 saturated heterocycles. The lowest BCUT2D eigenvalue weighted by Crippen LogP contribution is -2.48. The molecule has 0 bridgehead atoms. The number of hydrogen-bond acceptors (Lipinski definition) is 3. The molecule has 2 atom stereocenters. The minimum Gasteiger partial charge on any atom is -0.370 e. The molecule has 1 aliphatic heterocycles. The van der Waals surface area contributed by atoms with Gasteiger partial charge in [0.15, 0.2) is 0 Å². The van der Waals surface area contributed by atoms with E-state index in [0.717, 1.165) is 12.1 Å². The molecule has 112 valence electrons. The highest BCUT2D eigenvalue weighted by atomic mass is 35.5. The van der Waals surface area contributed by atoms with Crippen LogP contribution in [0.1, 0.15) is 25.0 Å². The number of rotatable bonds is 4. The Morgan fingerprint density at radius 1 is 1.40 bits per heavy atom. The van der Waals surface area contributed by atoms with E-state index < -0.39 is 0 Å². The summed E-state index contributed by atoms with van der Waals surface area (Å²) in [6, 6.07) is 10.3. The molecule has 0 aliphatic carbocycles. The zero-order valence-electron chi connectivity index (χ0n) is 12.0. The minimum absolute atomic E-state index is 0. The highest BCUT2D eigenvalue weighted by Gasteiger charge is 2.29. The van der Waals surface area contributed by atoms with Gasteiger partial charge < -0.3 is 15.0 Å². The normalized spacial score (nSPS) is 22.2. The molecule has 1 aromatic carbocycles. The Morgan fingerprint density at radius 3 is 2.75 bits per heavy atom. The highest BCUT2D eigenvalue weighted by molar-refractivity contribution is 5.85. The van der Waals surface area contributed by atoms with Crippen LogP contribution in [0.3, 0.4) is 0 Å². The molecular weight excluding hydrogens is 276 g/mol. The summed E-state index contributed by atoms with van der Waals surface area (Å²) in [6.45, 7) is 4.01. The van der Waals surface area contributed by atoms with Gasteiger partial charge in [-0.15, -0.1) is 12.4 Å². The topological polar surface area (TPSA) is 41.6 Å². The van der Waals surface area contributed by atoms with Crippen molar-refractivity contribution in [2.24, 2.45) is 0 Å². The Kier molecular flexibility index (Phi) is 6.99. The summed E-state index contributed by atoms with van der Waals surface area (Å²) in [5.74, 6) is 0.200. The maximum Gasteiger partial charge on any atom is 0.224 e. The second-order valence-electron chi connectivity index (χ2n) is 4.98. The van der Waals surface area contributed by atoms with Gasteiger partial charge in [-0.1, -0.05) is 30.3 Å². The van der Waals surface area contributed by atoms with Crippen LogP contribution in [-0.2, 0) is 9.53 Å². The standard InChI is InChI=1S/C15H22N2O2.ClH/c1-12-11-19-14(13-6-4-3-5-7-13)10-17(12)15(18)8-9-16-2;/h3-7,12,14,16H,8-11H2,1-2H3;1H. The van der Waals surface area contributed by atoms with E-state index in [9.17, 15) is 4.79 Å². The van der Waals surface area contributed by atoms with Gasteiger partial charge in [-0.3, -0.25) is 4.79 Å². The minimum atomic E-state index is -0.00376. The van der Waals surface area contributed by atoms with Crippen LogP contribution in [-0.4, -0.2) is 43.6 Å². The van der Waals surface area contributed by atoms with E-state index in [-0.39, 0.29) is 30.5 Å². The van der Waals surface area contributed by atoms with Crippen molar-refractivity contribution in [3.63, 3.8) is 0 Å². The molecule has 20 heavy (non-hydrogen) atoms. The molecule has 1 aromatic rings. The van der Waals surface area contributed by atoms with E-state index >= 15 is 0 Å². The van der Waals surface area contributed by atoms with Crippen molar-refractivity contribution < 1.29 is 9.53 Å². The highest BCUT2D eigenvalue weighted by Crippen LogP contribution is 2.25. The third-order valence-electron chi connectivity index (χ3n) is 3.51. The van der Waals surface area contributed by atoms with Gasteiger partial charge in [-0.05, 0) is 19.5 Å². The quantitative estimate of drug-likeness (QED) is 0.924. The summed E-state index contributed by atoms with van der Waals surface area (Å²) in [6.07, 6.45) is 0.540. The average Bonchev–Trinajstić information content (AvgIpc) is 2.46. The van der Waals surface area contributed by atoms with Crippen LogP contribution in [0.15, 0.2) is 30.3 Å². The number of benzene rings is 1. The van der Waals surface area contributed by atoms with Crippen LogP contribution < -0.4 is 5.32 Å². The van der Waals surface area contributed by atoms with Gasteiger partial charge in [-0.25, -0.2) is 0 Å². The lowest BCUT2D eigenvalue weighted by molar-refractivity contribution is -0.144. The molecule has 1 fully saturated rings. The number of hydrogen-bond donors (Lipinski definition) is 1. The molecule has 4 nitrogen and oxygen atoms in total. The maximum atomic E-state index is 12.2. The van der Waals surface area contributed by atoms with Crippen molar-refractivity contribution >= 4 is 18.3 Å². The molecule has 0 saturated carbocycles. The zero-order valence-corrected chi connectivity index (χ0v) is 12.9. The fraction of sp³-hybridized carbons (Fsp3) is 0.533. The summed E-state index contributed by atoms with van der Waals surface area (Å²) < 4.78 is 5.85.